The monoisotopic (exact) mass is 660 g/mol. The summed E-state index contributed by atoms with van der Waals surface area (Å²) in [6.07, 6.45) is 0. The minimum Gasteiger partial charge on any atom is -0.309 e. The Morgan fingerprint density at radius 2 is 1.12 bits per heavy atom. The summed E-state index contributed by atoms with van der Waals surface area (Å²) in [4.78, 5) is 7.52. The van der Waals surface area contributed by atoms with E-state index in [4.69, 9.17) is 4.98 Å². The van der Waals surface area contributed by atoms with E-state index in [1.807, 2.05) is 11.3 Å². The molecule has 2 heterocycles. The van der Waals surface area contributed by atoms with E-state index < -0.39 is 0 Å². The summed E-state index contributed by atoms with van der Waals surface area (Å²) in [7, 11) is 0. The smallest absolute Gasteiger partial charge is 0.124 e. The molecule has 4 heteroatoms. The first-order valence-electron chi connectivity index (χ1n) is 16.5. The van der Waals surface area contributed by atoms with Gasteiger partial charge in [0.05, 0.1) is 15.9 Å². The van der Waals surface area contributed by atoms with Crippen molar-refractivity contribution in [1.82, 2.24) is 4.98 Å². The minimum atomic E-state index is 1.06. The van der Waals surface area contributed by atoms with Crippen molar-refractivity contribution in [2.24, 2.45) is 0 Å². The van der Waals surface area contributed by atoms with Crippen LogP contribution in [0.2, 0.25) is 0 Å². The van der Waals surface area contributed by atoms with Crippen LogP contribution in [0.25, 0.3) is 73.6 Å². The lowest BCUT2D eigenvalue weighted by molar-refractivity contribution is 1.31. The number of thiophene rings is 1. The van der Waals surface area contributed by atoms with E-state index in [-0.39, 0.29) is 0 Å². The second-order valence-corrected chi connectivity index (χ2v) is 14.5. The molecule has 2 nitrogen and oxygen atoms in total. The fourth-order valence-electron chi connectivity index (χ4n) is 7.15. The van der Waals surface area contributed by atoms with Crippen LogP contribution in [-0.4, -0.2) is 4.98 Å². The first-order valence-corrected chi connectivity index (χ1v) is 18.1. The molecule has 0 saturated carbocycles. The molecule has 0 amide bonds. The van der Waals surface area contributed by atoms with E-state index in [9.17, 15) is 0 Å². The third-order valence-electron chi connectivity index (χ3n) is 9.45. The maximum Gasteiger partial charge on any atom is 0.124 e. The fourth-order valence-corrected chi connectivity index (χ4v) is 9.49. The zero-order chi connectivity index (χ0) is 32.3. The number of aromatic nitrogens is 1. The summed E-state index contributed by atoms with van der Waals surface area (Å²) in [5.74, 6) is 0. The van der Waals surface area contributed by atoms with Gasteiger partial charge in [-0.2, -0.15) is 0 Å². The Kier molecular flexibility index (Phi) is 6.57. The topological polar surface area (TPSA) is 16.1 Å². The molecule has 0 aliphatic carbocycles. The van der Waals surface area contributed by atoms with Crippen LogP contribution in [0.4, 0.5) is 17.1 Å². The molecular weight excluding hydrogens is 633 g/mol. The number of benzene rings is 8. The molecule has 0 N–H and O–H groups in total. The zero-order valence-corrected chi connectivity index (χ0v) is 28.0. The molecule has 49 heavy (non-hydrogen) atoms. The van der Waals surface area contributed by atoms with Crippen molar-refractivity contribution in [3.63, 3.8) is 0 Å². The van der Waals surface area contributed by atoms with E-state index in [0.29, 0.717) is 0 Å². The van der Waals surface area contributed by atoms with Crippen molar-refractivity contribution in [1.29, 1.82) is 0 Å². The van der Waals surface area contributed by atoms with Gasteiger partial charge in [0.2, 0.25) is 0 Å². The molecule has 10 rings (SSSR count). The molecule has 0 spiro atoms. The van der Waals surface area contributed by atoms with E-state index in [2.05, 4.69) is 175 Å². The highest BCUT2D eigenvalue weighted by Gasteiger charge is 2.22. The van der Waals surface area contributed by atoms with Gasteiger partial charge < -0.3 is 4.90 Å². The number of rotatable bonds is 5. The van der Waals surface area contributed by atoms with Crippen molar-refractivity contribution in [2.45, 2.75) is 0 Å². The Morgan fingerprint density at radius 3 is 1.96 bits per heavy atom. The lowest BCUT2D eigenvalue weighted by Gasteiger charge is -2.30. The molecule has 0 unspecified atom stereocenters. The van der Waals surface area contributed by atoms with Crippen molar-refractivity contribution < 1.29 is 0 Å². The maximum absolute atomic E-state index is 5.05. The molecule has 0 fully saturated rings. The first kappa shape index (κ1) is 28.2. The average Bonchev–Trinajstić information content (AvgIpc) is 3.77. The molecule has 10 aromatic rings. The predicted molar refractivity (Wildman–Crippen MR) is 213 cm³/mol. The number of nitrogens with zero attached hydrogens (tertiary/aromatic N) is 2. The molecule has 0 atom stereocenters. The Bertz CT molecular complexity index is 2830. The standard InChI is InChI=1S/C45H28N2S2/c1-3-12-30(13-4-1)37-23-20-31-14-9-10-18-36(31)43(37)47(34-21-19-29-11-7-8-17-33(29)27-34)35-22-24-38-41(28-35)48-40-26-25-39-44(42(38)40)49-45(46-39)32-15-5-2-6-16-32/h1-28H. The van der Waals surface area contributed by atoms with Gasteiger partial charge in [-0.15, -0.1) is 22.7 Å². The van der Waals surface area contributed by atoms with Crippen LogP contribution in [-0.2, 0) is 0 Å². The van der Waals surface area contributed by atoms with Crippen molar-refractivity contribution in [3.8, 4) is 21.7 Å². The van der Waals surface area contributed by atoms with Crippen LogP contribution in [0.3, 0.4) is 0 Å². The fraction of sp³-hybridized carbons (Fsp3) is 0. The van der Waals surface area contributed by atoms with Crippen LogP contribution in [0.1, 0.15) is 0 Å². The van der Waals surface area contributed by atoms with Gasteiger partial charge >= 0.3 is 0 Å². The van der Waals surface area contributed by atoms with Gasteiger partial charge in [0.15, 0.2) is 0 Å². The number of thiazole rings is 1. The number of hydrogen-bond acceptors (Lipinski definition) is 4. The van der Waals surface area contributed by atoms with Crippen molar-refractivity contribution in [2.75, 3.05) is 4.90 Å². The maximum atomic E-state index is 5.05. The van der Waals surface area contributed by atoms with Crippen molar-refractivity contribution >= 4 is 91.7 Å². The molecule has 230 valence electrons. The first-order chi connectivity index (χ1) is 24.3. The molecule has 0 saturated heterocycles. The highest BCUT2D eigenvalue weighted by molar-refractivity contribution is 7.28. The third-order valence-corrected chi connectivity index (χ3v) is 11.7. The predicted octanol–water partition coefficient (Wildman–Crippen LogP) is 13.8. The van der Waals surface area contributed by atoms with Gasteiger partial charge in [-0.05, 0) is 58.1 Å². The van der Waals surface area contributed by atoms with E-state index >= 15 is 0 Å². The third kappa shape index (κ3) is 4.72. The Labute approximate surface area is 291 Å². The van der Waals surface area contributed by atoms with Gasteiger partial charge in [-0.25, -0.2) is 4.98 Å². The molecule has 8 aromatic carbocycles. The lowest BCUT2D eigenvalue weighted by Crippen LogP contribution is -2.12. The average molecular weight is 661 g/mol. The number of hydrogen-bond donors (Lipinski definition) is 0. The second kappa shape index (κ2) is 11.4. The van der Waals surface area contributed by atoms with Crippen LogP contribution in [0.5, 0.6) is 0 Å². The lowest BCUT2D eigenvalue weighted by atomic mass is 9.96. The van der Waals surface area contributed by atoms with Gasteiger partial charge in [0.1, 0.15) is 5.01 Å². The second-order valence-electron chi connectivity index (χ2n) is 12.4. The Hall–Kier alpha value is -5.81. The molecule has 2 aromatic heterocycles. The summed E-state index contributed by atoms with van der Waals surface area (Å²) < 4.78 is 3.81. The zero-order valence-electron chi connectivity index (χ0n) is 26.4. The quantitative estimate of drug-likeness (QED) is 0.183. The largest absolute Gasteiger partial charge is 0.309 e. The van der Waals surface area contributed by atoms with Crippen LogP contribution in [0, 0.1) is 0 Å². The summed E-state index contributed by atoms with van der Waals surface area (Å²) in [6.45, 7) is 0. The molecule has 0 aliphatic rings. The number of fused-ring (bicyclic) bond motifs is 7. The highest BCUT2D eigenvalue weighted by atomic mass is 32.1. The van der Waals surface area contributed by atoms with Gasteiger partial charge in [-0.3, -0.25) is 0 Å². The Morgan fingerprint density at radius 1 is 0.449 bits per heavy atom. The molecule has 0 bridgehead atoms. The van der Waals surface area contributed by atoms with Gasteiger partial charge in [-0.1, -0.05) is 133 Å². The highest BCUT2D eigenvalue weighted by Crippen LogP contribution is 2.48. The Balaban J connectivity index is 1.24. The van der Waals surface area contributed by atoms with E-state index in [0.717, 1.165) is 27.5 Å². The van der Waals surface area contributed by atoms with Crippen LogP contribution >= 0.6 is 22.7 Å². The van der Waals surface area contributed by atoms with E-state index in [1.54, 1.807) is 11.3 Å². The van der Waals surface area contributed by atoms with Gasteiger partial charge in [0, 0.05) is 48.1 Å². The van der Waals surface area contributed by atoms with Crippen LogP contribution < -0.4 is 4.90 Å². The van der Waals surface area contributed by atoms with E-state index in [1.165, 1.54) is 63.2 Å². The summed E-state index contributed by atoms with van der Waals surface area (Å²) >= 11 is 3.65. The summed E-state index contributed by atoms with van der Waals surface area (Å²) in [6, 6.07) is 61.5. The molecule has 0 aliphatic heterocycles. The molecular formula is C45H28N2S2. The van der Waals surface area contributed by atoms with Crippen molar-refractivity contribution in [3.05, 3.63) is 170 Å². The number of anilines is 3. The van der Waals surface area contributed by atoms with Gasteiger partial charge in [0.25, 0.3) is 0 Å². The normalized spacial score (nSPS) is 11.7. The van der Waals surface area contributed by atoms with Crippen LogP contribution in [0.15, 0.2) is 170 Å². The SMILES string of the molecule is c1ccc(-c2nc3ccc4sc5cc(N(c6ccc7ccccc7c6)c6c(-c7ccccc7)ccc7ccccc67)ccc5c4c3s2)cc1. The summed E-state index contributed by atoms with van der Waals surface area (Å²) in [5.41, 5.74) is 8.05. The minimum absolute atomic E-state index is 1.06. The molecule has 0 radical (unpaired) electrons. The summed E-state index contributed by atoms with van der Waals surface area (Å²) in [5, 5.41) is 8.52.